The molecule has 3 fully saturated rings. The van der Waals surface area contributed by atoms with Crippen LogP contribution in [0.15, 0.2) is 0 Å². The normalized spacial score (nSPS) is 46.2. The minimum absolute atomic E-state index is 0.771. The topological polar surface area (TPSA) is 3.24 Å². The van der Waals surface area contributed by atoms with Crippen LogP contribution < -0.4 is 0 Å². The molecule has 1 atom stereocenters. The fourth-order valence-corrected chi connectivity index (χ4v) is 2.74. The van der Waals surface area contributed by atoms with Crippen molar-refractivity contribution in [2.75, 3.05) is 0 Å². The number of hydrogen-bond donors (Lipinski definition) is 0. The lowest BCUT2D eigenvalue weighted by atomic mass is 9.83. The predicted octanol–water partition coefficient (Wildman–Crippen LogP) is 1.88. The van der Waals surface area contributed by atoms with E-state index in [1.54, 1.807) is 0 Å². The Hall–Kier alpha value is -0.0400. The number of nitrogens with zero attached hydrogens (tertiary/aromatic N) is 1. The lowest BCUT2D eigenvalue weighted by molar-refractivity contribution is 0.182. The van der Waals surface area contributed by atoms with Gasteiger partial charge in [0.1, 0.15) is 0 Å². The molecule has 10 heavy (non-hydrogen) atoms. The molecule has 1 heteroatoms. The third kappa shape index (κ3) is 0.672. The van der Waals surface area contributed by atoms with Gasteiger partial charge in [-0.2, -0.15) is 0 Å². The van der Waals surface area contributed by atoms with Crippen LogP contribution in [0.5, 0.6) is 0 Å². The summed E-state index contributed by atoms with van der Waals surface area (Å²) < 4.78 is 0. The van der Waals surface area contributed by atoms with E-state index < -0.39 is 0 Å². The minimum atomic E-state index is 0.771. The largest absolute Gasteiger partial charge is 0.295 e. The van der Waals surface area contributed by atoms with Crippen LogP contribution in [0.3, 0.4) is 0 Å². The molecule has 2 bridgehead atoms. The monoisotopic (exact) mass is 139 g/mol. The lowest BCUT2D eigenvalue weighted by Crippen LogP contribution is -2.36. The van der Waals surface area contributed by atoms with Gasteiger partial charge in [0.15, 0.2) is 0 Å². The molecule has 1 saturated carbocycles. The summed E-state index contributed by atoms with van der Waals surface area (Å²) in [6, 6.07) is 2.61. The van der Waals surface area contributed by atoms with Crippen molar-refractivity contribution in [3.63, 3.8) is 0 Å². The zero-order valence-corrected chi connectivity index (χ0v) is 7.17. The maximum Gasteiger partial charge on any atom is 0.0107 e. The molecule has 3 rings (SSSR count). The van der Waals surface area contributed by atoms with Crippen LogP contribution in [-0.4, -0.2) is 23.0 Å². The van der Waals surface area contributed by atoms with E-state index in [-0.39, 0.29) is 0 Å². The van der Waals surface area contributed by atoms with Crippen molar-refractivity contribution in [2.24, 2.45) is 5.92 Å². The average molecular weight is 139 g/mol. The van der Waals surface area contributed by atoms with E-state index in [4.69, 9.17) is 0 Å². The van der Waals surface area contributed by atoms with Gasteiger partial charge in [-0.15, -0.1) is 0 Å². The molecule has 0 spiro atoms. The van der Waals surface area contributed by atoms with E-state index in [0.717, 1.165) is 24.0 Å². The first-order chi connectivity index (χ1) is 4.70. The van der Waals surface area contributed by atoms with Crippen LogP contribution >= 0.6 is 0 Å². The van der Waals surface area contributed by atoms with Crippen molar-refractivity contribution in [1.29, 1.82) is 0 Å². The molecule has 2 heterocycles. The summed E-state index contributed by atoms with van der Waals surface area (Å²) in [5.74, 6) is 1.05. The van der Waals surface area contributed by atoms with Crippen LogP contribution in [0, 0.1) is 5.92 Å². The van der Waals surface area contributed by atoms with E-state index in [0.29, 0.717) is 0 Å². The van der Waals surface area contributed by atoms with Gasteiger partial charge >= 0.3 is 0 Å². The van der Waals surface area contributed by atoms with Crippen LogP contribution in [0.4, 0.5) is 0 Å². The maximum atomic E-state index is 2.69. The molecule has 0 N–H and O–H groups in total. The molecule has 0 amide bonds. The van der Waals surface area contributed by atoms with Crippen molar-refractivity contribution >= 4 is 0 Å². The SMILES string of the molecule is CC(C)N1C2CC(C2)[C@H]1C. The van der Waals surface area contributed by atoms with Gasteiger partial charge in [0.05, 0.1) is 0 Å². The smallest absolute Gasteiger partial charge is 0.0107 e. The molecule has 0 aromatic rings. The Balaban J connectivity index is 2.09. The Morgan fingerprint density at radius 3 is 2.10 bits per heavy atom. The maximum absolute atomic E-state index is 2.69. The Morgan fingerprint density at radius 1 is 1.30 bits per heavy atom. The van der Waals surface area contributed by atoms with E-state index in [1.165, 1.54) is 12.8 Å². The number of hydrogen-bond acceptors (Lipinski definition) is 1. The second-order valence-corrected chi connectivity index (χ2v) is 4.17. The molecule has 1 aliphatic carbocycles. The third-order valence-electron chi connectivity index (χ3n) is 3.32. The van der Waals surface area contributed by atoms with Gasteiger partial charge in [0, 0.05) is 18.1 Å². The first kappa shape index (κ1) is 6.66. The highest BCUT2D eigenvalue weighted by Gasteiger charge is 2.48. The zero-order valence-electron chi connectivity index (χ0n) is 7.17. The Kier molecular flexibility index (Phi) is 1.31. The minimum Gasteiger partial charge on any atom is -0.295 e. The molecule has 3 aliphatic rings. The van der Waals surface area contributed by atoms with Crippen LogP contribution in [-0.2, 0) is 0 Å². The van der Waals surface area contributed by atoms with Gasteiger partial charge in [-0.1, -0.05) is 0 Å². The van der Waals surface area contributed by atoms with Crippen LogP contribution in [0.1, 0.15) is 33.6 Å². The van der Waals surface area contributed by atoms with Crippen LogP contribution in [0.25, 0.3) is 0 Å². The molecular weight excluding hydrogens is 122 g/mol. The predicted molar refractivity (Wildman–Crippen MR) is 42.9 cm³/mol. The first-order valence-electron chi connectivity index (χ1n) is 4.47. The average Bonchev–Trinajstić information content (AvgIpc) is 2.14. The number of rotatable bonds is 1. The van der Waals surface area contributed by atoms with Crippen molar-refractivity contribution in [1.82, 2.24) is 4.90 Å². The Morgan fingerprint density at radius 2 is 1.90 bits per heavy atom. The molecule has 58 valence electrons. The van der Waals surface area contributed by atoms with E-state index in [9.17, 15) is 0 Å². The molecule has 0 radical (unpaired) electrons. The summed E-state index contributed by atoms with van der Waals surface area (Å²) >= 11 is 0. The van der Waals surface area contributed by atoms with Gasteiger partial charge in [-0.3, -0.25) is 4.90 Å². The van der Waals surface area contributed by atoms with Crippen LogP contribution in [0.2, 0.25) is 0 Å². The molecule has 0 aromatic heterocycles. The highest BCUT2D eigenvalue weighted by Crippen LogP contribution is 2.46. The van der Waals surface area contributed by atoms with Gasteiger partial charge < -0.3 is 0 Å². The fourth-order valence-electron chi connectivity index (χ4n) is 2.74. The molecule has 0 aromatic carbocycles. The van der Waals surface area contributed by atoms with Crippen molar-refractivity contribution in [3.05, 3.63) is 0 Å². The standard InChI is InChI=1S/C9H17N/c1-6(2)10-7(3)8-4-9(10)5-8/h6-9H,4-5H2,1-3H3/t7-,8?,9?/m1/s1. The number of fused-ring (bicyclic) bond motifs is 1. The summed E-state index contributed by atoms with van der Waals surface area (Å²) in [6.07, 6.45) is 2.97. The molecule has 1 nitrogen and oxygen atoms in total. The Bertz CT molecular complexity index is 136. The zero-order chi connectivity index (χ0) is 7.30. The molecule has 0 unspecified atom stereocenters. The fraction of sp³-hybridized carbons (Fsp3) is 1.00. The second-order valence-electron chi connectivity index (χ2n) is 4.17. The van der Waals surface area contributed by atoms with Crippen molar-refractivity contribution in [3.8, 4) is 0 Å². The highest BCUT2D eigenvalue weighted by molar-refractivity contribution is 5.03. The second kappa shape index (κ2) is 1.97. The van der Waals surface area contributed by atoms with Crippen molar-refractivity contribution in [2.45, 2.75) is 51.7 Å². The van der Waals surface area contributed by atoms with Crippen molar-refractivity contribution < 1.29 is 0 Å². The van der Waals surface area contributed by atoms with E-state index in [1.807, 2.05) is 0 Å². The third-order valence-corrected chi connectivity index (χ3v) is 3.32. The van der Waals surface area contributed by atoms with Gasteiger partial charge in [-0.25, -0.2) is 0 Å². The molecule has 2 aliphatic heterocycles. The highest BCUT2D eigenvalue weighted by atomic mass is 15.3. The summed E-state index contributed by atoms with van der Waals surface area (Å²) in [7, 11) is 0. The van der Waals surface area contributed by atoms with Gasteiger partial charge in [0.2, 0.25) is 0 Å². The summed E-state index contributed by atoms with van der Waals surface area (Å²) in [5.41, 5.74) is 0. The summed E-state index contributed by atoms with van der Waals surface area (Å²) in [5, 5.41) is 0. The quantitative estimate of drug-likeness (QED) is 0.536. The summed E-state index contributed by atoms with van der Waals surface area (Å²) in [6.45, 7) is 7.02. The van der Waals surface area contributed by atoms with Gasteiger partial charge in [0.25, 0.3) is 0 Å². The lowest BCUT2D eigenvalue weighted by Gasteiger charge is -2.29. The Labute approximate surface area is 63.4 Å². The van der Waals surface area contributed by atoms with E-state index >= 15 is 0 Å². The first-order valence-corrected chi connectivity index (χ1v) is 4.47. The van der Waals surface area contributed by atoms with E-state index in [2.05, 4.69) is 25.7 Å². The summed E-state index contributed by atoms with van der Waals surface area (Å²) in [4.78, 5) is 2.69. The van der Waals surface area contributed by atoms with Gasteiger partial charge in [-0.05, 0) is 39.5 Å². The molecule has 2 saturated heterocycles. The molecular formula is C9H17N.